The number of rotatable bonds is 2. The van der Waals surface area contributed by atoms with Crippen molar-refractivity contribution < 1.29 is 4.42 Å². The number of fused-ring (bicyclic) bond motifs is 3. The highest BCUT2D eigenvalue weighted by molar-refractivity contribution is 6.30. The van der Waals surface area contributed by atoms with Gasteiger partial charge in [-0.25, -0.2) is 19.2 Å². The number of furan rings is 1. The van der Waals surface area contributed by atoms with Crippen molar-refractivity contribution in [2.24, 2.45) is 0 Å². The second-order valence-electron chi connectivity index (χ2n) is 5.65. The fourth-order valence-corrected chi connectivity index (χ4v) is 2.98. The largest absolute Gasteiger partial charge is 0.461 e. The van der Waals surface area contributed by atoms with Crippen molar-refractivity contribution >= 4 is 28.3 Å². The van der Waals surface area contributed by atoms with Gasteiger partial charge >= 0.3 is 0 Å². The van der Waals surface area contributed by atoms with E-state index >= 15 is 0 Å². The Hall–Kier alpha value is -3.19. The summed E-state index contributed by atoms with van der Waals surface area (Å²) in [7, 11) is 0. The monoisotopic (exact) mass is 350 g/mol. The summed E-state index contributed by atoms with van der Waals surface area (Å²) < 4.78 is 8.75. The van der Waals surface area contributed by atoms with Crippen molar-refractivity contribution in [3.05, 3.63) is 59.7 Å². The molecule has 1 aromatic carbocycles. The summed E-state index contributed by atoms with van der Waals surface area (Å²) in [6.45, 7) is 2.00. The van der Waals surface area contributed by atoms with Gasteiger partial charge in [0.15, 0.2) is 17.1 Å². The van der Waals surface area contributed by atoms with Gasteiger partial charge < -0.3 is 4.42 Å². The van der Waals surface area contributed by atoms with Crippen molar-refractivity contribution in [3.63, 3.8) is 0 Å². The molecule has 5 aromatic rings. The lowest BCUT2D eigenvalue weighted by atomic mass is 10.2. The molecule has 0 atom stereocenters. The van der Waals surface area contributed by atoms with Crippen LogP contribution in [-0.2, 0) is 0 Å². The Morgan fingerprint density at radius 3 is 2.92 bits per heavy atom. The van der Waals surface area contributed by atoms with E-state index in [4.69, 9.17) is 16.0 Å². The zero-order valence-corrected chi connectivity index (χ0v) is 13.8. The average Bonchev–Trinajstić information content (AvgIpc) is 3.34. The van der Waals surface area contributed by atoms with Crippen molar-refractivity contribution in [2.75, 3.05) is 0 Å². The van der Waals surface area contributed by atoms with Crippen molar-refractivity contribution in [1.82, 2.24) is 29.4 Å². The summed E-state index contributed by atoms with van der Waals surface area (Å²) in [5.74, 6) is 1.11. The van der Waals surface area contributed by atoms with Gasteiger partial charge in [0, 0.05) is 5.02 Å². The van der Waals surface area contributed by atoms with Crippen molar-refractivity contribution in [2.45, 2.75) is 6.92 Å². The Balaban J connectivity index is 1.76. The maximum Gasteiger partial charge on any atom is 0.217 e. The first-order chi connectivity index (χ1) is 12.2. The number of aryl methyl sites for hydroxylation is 1. The Morgan fingerprint density at radius 1 is 1.16 bits per heavy atom. The van der Waals surface area contributed by atoms with E-state index in [0.29, 0.717) is 27.9 Å². The molecule has 0 saturated heterocycles. The SMILES string of the molecule is Cc1ccc(Cl)cc1-n1ncc2c1ncn1nc(-c3ccco3)nc21. The van der Waals surface area contributed by atoms with Gasteiger partial charge in [-0.3, -0.25) is 0 Å². The van der Waals surface area contributed by atoms with E-state index in [-0.39, 0.29) is 0 Å². The summed E-state index contributed by atoms with van der Waals surface area (Å²) in [6, 6.07) is 9.29. The van der Waals surface area contributed by atoms with Gasteiger partial charge in [0.05, 0.1) is 23.5 Å². The van der Waals surface area contributed by atoms with Gasteiger partial charge in [0.25, 0.3) is 0 Å². The van der Waals surface area contributed by atoms with Crippen LogP contribution >= 0.6 is 11.6 Å². The third-order valence-corrected chi connectivity index (χ3v) is 4.28. The minimum Gasteiger partial charge on any atom is -0.461 e. The van der Waals surface area contributed by atoms with Crippen molar-refractivity contribution in [3.8, 4) is 17.3 Å². The van der Waals surface area contributed by atoms with Crippen LogP contribution in [0.15, 0.2) is 53.5 Å². The van der Waals surface area contributed by atoms with Crippen LogP contribution in [0.3, 0.4) is 0 Å². The minimum atomic E-state index is 0.506. The molecule has 0 fully saturated rings. The zero-order chi connectivity index (χ0) is 17.0. The maximum absolute atomic E-state index is 6.14. The highest BCUT2D eigenvalue weighted by Crippen LogP contribution is 2.25. The number of hydrogen-bond acceptors (Lipinski definition) is 5. The number of hydrogen-bond donors (Lipinski definition) is 0. The van der Waals surface area contributed by atoms with Crippen LogP contribution in [0.25, 0.3) is 34.0 Å². The molecule has 4 aromatic heterocycles. The molecule has 4 heterocycles. The van der Waals surface area contributed by atoms with Crippen LogP contribution in [-0.4, -0.2) is 29.4 Å². The quantitative estimate of drug-likeness (QED) is 0.485. The van der Waals surface area contributed by atoms with Crippen LogP contribution in [0.2, 0.25) is 5.02 Å². The molecule has 0 aliphatic carbocycles. The highest BCUT2D eigenvalue weighted by atomic mass is 35.5. The predicted octanol–water partition coefficient (Wildman–Crippen LogP) is 3.69. The van der Waals surface area contributed by atoms with Gasteiger partial charge in [0.2, 0.25) is 5.82 Å². The van der Waals surface area contributed by atoms with Gasteiger partial charge in [-0.2, -0.15) is 5.10 Å². The standard InChI is InChI=1S/C17H11ClN6O/c1-10-4-5-11(18)7-13(10)24-16-12(8-20-24)17-21-15(14-3-2-6-25-14)22-23(17)9-19-16/h2-9H,1H3. The molecule has 0 radical (unpaired) electrons. The summed E-state index contributed by atoms with van der Waals surface area (Å²) in [5.41, 5.74) is 3.29. The molecule has 0 N–H and O–H groups in total. The molecule has 0 aliphatic heterocycles. The smallest absolute Gasteiger partial charge is 0.217 e. The molecule has 0 aliphatic rings. The number of aromatic nitrogens is 6. The number of benzene rings is 1. The molecule has 0 spiro atoms. The van der Waals surface area contributed by atoms with E-state index in [2.05, 4.69) is 20.2 Å². The van der Waals surface area contributed by atoms with E-state index in [0.717, 1.165) is 16.6 Å². The highest BCUT2D eigenvalue weighted by Gasteiger charge is 2.16. The molecule has 25 heavy (non-hydrogen) atoms. The van der Waals surface area contributed by atoms with Crippen LogP contribution in [0.4, 0.5) is 0 Å². The average molecular weight is 351 g/mol. The van der Waals surface area contributed by atoms with Crippen LogP contribution < -0.4 is 0 Å². The molecule has 0 bridgehead atoms. The van der Waals surface area contributed by atoms with Gasteiger partial charge in [-0.15, -0.1) is 5.10 Å². The topological polar surface area (TPSA) is 74.0 Å². The lowest BCUT2D eigenvalue weighted by Gasteiger charge is -2.07. The first-order valence-corrected chi connectivity index (χ1v) is 7.98. The molecule has 5 rings (SSSR count). The fourth-order valence-electron chi connectivity index (χ4n) is 2.82. The summed E-state index contributed by atoms with van der Waals surface area (Å²) in [4.78, 5) is 9.07. The molecule has 0 unspecified atom stereocenters. The van der Waals surface area contributed by atoms with Gasteiger partial charge in [-0.05, 0) is 36.8 Å². The second-order valence-corrected chi connectivity index (χ2v) is 6.09. The van der Waals surface area contributed by atoms with Crippen LogP contribution in [0.1, 0.15) is 5.56 Å². The molecule has 8 heteroatoms. The van der Waals surface area contributed by atoms with E-state index in [9.17, 15) is 0 Å². The molecule has 0 amide bonds. The van der Waals surface area contributed by atoms with E-state index in [1.54, 1.807) is 34.1 Å². The first kappa shape index (κ1) is 14.2. The maximum atomic E-state index is 6.14. The zero-order valence-electron chi connectivity index (χ0n) is 13.1. The van der Waals surface area contributed by atoms with Crippen LogP contribution in [0.5, 0.6) is 0 Å². The summed E-state index contributed by atoms with van der Waals surface area (Å²) in [6.07, 6.45) is 4.95. The Morgan fingerprint density at radius 2 is 2.08 bits per heavy atom. The lowest BCUT2D eigenvalue weighted by molar-refractivity contribution is 0.577. The summed E-state index contributed by atoms with van der Waals surface area (Å²) >= 11 is 6.14. The molecular weight excluding hydrogens is 340 g/mol. The lowest BCUT2D eigenvalue weighted by Crippen LogP contribution is -2.01. The Labute approximate surface area is 146 Å². The van der Waals surface area contributed by atoms with Crippen molar-refractivity contribution in [1.29, 1.82) is 0 Å². The van der Waals surface area contributed by atoms with Crippen LogP contribution in [0, 0.1) is 6.92 Å². The molecular formula is C17H11ClN6O. The number of halogens is 1. The molecule has 7 nitrogen and oxygen atoms in total. The summed E-state index contributed by atoms with van der Waals surface area (Å²) in [5, 5.41) is 10.3. The minimum absolute atomic E-state index is 0.506. The predicted molar refractivity (Wildman–Crippen MR) is 92.9 cm³/mol. The van der Waals surface area contributed by atoms with Gasteiger partial charge in [0.1, 0.15) is 6.33 Å². The second kappa shape index (κ2) is 5.15. The third-order valence-electron chi connectivity index (χ3n) is 4.05. The van der Waals surface area contributed by atoms with E-state index < -0.39 is 0 Å². The normalized spacial score (nSPS) is 11.6. The molecule has 0 saturated carbocycles. The van der Waals surface area contributed by atoms with Gasteiger partial charge in [-0.1, -0.05) is 17.7 Å². The fraction of sp³-hybridized carbons (Fsp3) is 0.0588. The molecule has 122 valence electrons. The Bertz CT molecular complexity index is 1220. The Kier molecular flexibility index (Phi) is 2.92. The van der Waals surface area contributed by atoms with E-state index in [1.807, 2.05) is 31.2 Å². The van der Waals surface area contributed by atoms with E-state index in [1.165, 1.54) is 0 Å². The first-order valence-electron chi connectivity index (χ1n) is 7.60. The number of nitrogens with zero attached hydrogens (tertiary/aromatic N) is 6. The third kappa shape index (κ3) is 2.13.